The van der Waals surface area contributed by atoms with Gasteiger partial charge in [0, 0.05) is 6.54 Å². The van der Waals surface area contributed by atoms with Crippen LogP contribution in [-0.4, -0.2) is 35.9 Å². The predicted octanol–water partition coefficient (Wildman–Crippen LogP) is 0.403. The molecule has 0 saturated carbocycles. The van der Waals surface area contributed by atoms with Gasteiger partial charge in [-0.05, 0) is 19.3 Å². The van der Waals surface area contributed by atoms with E-state index in [1.807, 2.05) is 0 Å². The first-order valence-corrected chi connectivity index (χ1v) is 3.79. The summed E-state index contributed by atoms with van der Waals surface area (Å²) in [5.74, 6) is -0.341. The Bertz CT molecular complexity index is 149. The maximum atomic E-state index is 11.0. The van der Waals surface area contributed by atoms with Crippen molar-refractivity contribution in [3.05, 3.63) is 0 Å². The Morgan fingerprint density at radius 1 is 1.64 bits per heavy atom. The number of methoxy groups -OCH3 is 1. The van der Waals surface area contributed by atoms with E-state index in [0.29, 0.717) is 13.0 Å². The smallest absolute Gasteiger partial charge is 0.325 e. The molecule has 1 heterocycles. The molecule has 64 valence electrons. The van der Waals surface area contributed by atoms with Gasteiger partial charge in [0.15, 0.2) is 0 Å². The van der Waals surface area contributed by atoms with Crippen molar-refractivity contribution in [2.45, 2.75) is 25.3 Å². The molecule has 1 N–H and O–H groups in total. The van der Waals surface area contributed by atoms with Gasteiger partial charge in [-0.25, -0.2) is 0 Å². The van der Waals surface area contributed by atoms with Crippen molar-refractivity contribution >= 4 is 5.97 Å². The summed E-state index contributed by atoms with van der Waals surface area (Å²) in [6, 6.07) is -0.436. The molecular weight excluding hydrogens is 146 g/mol. The summed E-state index contributed by atoms with van der Waals surface area (Å²) in [7, 11) is 1.34. The number of rotatable bonds is 1. The Kier molecular flexibility index (Phi) is 2.84. The lowest BCUT2D eigenvalue weighted by atomic mass is 10.1. The molecule has 0 spiro atoms. The summed E-state index contributed by atoms with van der Waals surface area (Å²) < 4.78 is 4.52. The van der Waals surface area contributed by atoms with E-state index < -0.39 is 6.04 Å². The lowest BCUT2D eigenvalue weighted by Gasteiger charge is -2.27. The monoisotopic (exact) mass is 159 g/mol. The number of carbonyl (C=O) groups excluding carboxylic acids is 1. The van der Waals surface area contributed by atoms with Crippen LogP contribution in [-0.2, 0) is 9.53 Å². The first kappa shape index (κ1) is 8.49. The molecule has 0 aliphatic carbocycles. The largest absolute Gasteiger partial charge is 0.468 e. The van der Waals surface area contributed by atoms with E-state index in [1.165, 1.54) is 7.11 Å². The lowest BCUT2D eigenvalue weighted by Crippen LogP contribution is -2.42. The van der Waals surface area contributed by atoms with Gasteiger partial charge in [0.1, 0.15) is 6.04 Å². The zero-order chi connectivity index (χ0) is 8.27. The summed E-state index contributed by atoms with van der Waals surface area (Å²) in [6.45, 7) is 0.569. The van der Waals surface area contributed by atoms with E-state index in [9.17, 15) is 10.0 Å². The second-order valence-corrected chi connectivity index (χ2v) is 2.70. The van der Waals surface area contributed by atoms with Crippen LogP contribution >= 0.6 is 0 Å². The van der Waals surface area contributed by atoms with Crippen molar-refractivity contribution in [2.75, 3.05) is 13.7 Å². The average molecular weight is 159 g/mol. The van der Waals surface area contributed by atoms with Gasteiger partial charge in [0.2, 0.25) is 0 Å². The number of hydrogen-bond donors (Lipinski definition) is 1. The molecule has 0 unspecified atom stereocenters. The number of esters is 1. The van der Waals surface area contributed by atoms with Crippen molar-refractivity contribution < 1.29 is 14.7 Å². The fourth-order valence-corrected chi connectivity index (χ4v) is 1.29. The molecule has 1 atom stereocenters. The van der Waals surface area contributed by atoms with Crippen molar-refractivity contribution in [1.29, 1.82) is 0 Å². The third kappa shape index (κ3) is 1.91. The van der Waals surface area contributed by atoms with Gasteiger partial charge >= 0.3 is 5.97 Å². The number of carbonyl (C=O) groups is 1. The molecule has 1 fully saturated rings. The van der Waals surface area contributed by atoms with Crippen LogP contribution in [0.4, 0.5) is 0 Å². The number of piperidine rings is 1. The number of ether oxygens (including phenoxy) is 1. The summed E-state index contributed by atoms with van der Waals surface area (Å²) in [5.41, 5.74) is 0. The fraction of sp³-hybridized carbons (Fsp3) is 0.857. The van der Waals surface area contributed by atoms with Gasteiger partial charge in [0.25, 0.3) is 0 Å². The molecule has 11 heavy (non-hydrogen) atoms. The SMILES string of the molecule is COC(=O)[C@@H]1CCCCN1O. The molecule has 0 amide bonds. The third-order valence-electron chi connectivity index (χ3n) is 1.95. The van der Waals surface area contributed by atoms with E-state index >= 15 is 0 Å². The Hall–Kier alpha value is -0.610. The summed E-state index contributed by atoms with van der Waals surface area (Å²) >= 11 is 0. The predicted molar refractivity (Wildman–Crippen MR) is 38.1 cm³/mol. The molecule has 0 radical (unpaired) electrons. The van der Waals surface area contributed by atoms with Crippen LogP contribution in [0.1, 0.15) is 19.3 Å². The maximum Gasteiger partial charge on any atom is 0.325 e. The Morgan fingerprint density at radius 3 is 2.91 bits per heavy atom. The molecular formula is C7H13NO3. The van der Waals surface area contributed by atoms with Crippen molar-refractivity contribution in [2.24, 2.45) is 0 Å². The van der Waals surface area contributed by atoms with E-state index in [1.54, 1.807) is 0 Å². The van der Waals surface area contributed by atoms with Gasteiger partial charge in [-0.1, -0.05) is 0 Å². The van der Waals surface area contributed by atoms with Gasteiger partial charge in [-0.2, -0.15) is 5.06 Å². The molecule has 1 rings (SSSR count). The minimum Gasteiger partial charge on any atom is -0.468 e. The number of hydrogen-bond acceptors (Lipinski definition) is 4. The molecule has 1 aliphatic heterocycles. The number of nitrogens with zero attached hydrogens (tertiary/aromatic N) is 1. The highest BCUT2D eigenvalue weighted by Gasteiger charge is 2.27. The molecule has 0 aromatic rings. The van der Waals surface area contributed by atoms with Crippen molar-refractivity contribution in [3.8, 4) is 0 Å². The highest BCUT2D eigenvalue weighted by Crippen LogP contribution is 2.15. The molecule has 4 nitrogen and oxygen atoms in total. The van der Waals surface area contributed by atoms with E-state index in [2.05, 4.69) is 4.74 Å². The second-order valence-electron chi connectivity index (χ2n) is 2.70. The van der Waals surface area contributed by atoms with Crippen LogP contribution in [0, 0.1) is 0 Å². The Morgan fingerprint density at radius 2 is 2.36 bits per heavy atom. The quantitative estimate of drug-likeness (QED) is 0.563. The summed E-state index contributed by atoms with van der Waals surface area (Å²) in [6.07, 6.45) is 2.63. The zero-order valence-corrected chi connectivity index (χ0v) is 6.62. The maximum absolute atomic E-state index is 11.0. The Balaban J connectivity index is 2.47. The van der Waals surface area contributed by atoms with Crippen LogP contribution in [0.5, 0.6) is 0 Å². The van der Waals surface area contributed by atoms with Gasteiger partial charge in [-0.15, -0.1) is 0 Å². The first-order valence-electron chi connectivity index (χ1n) is 3.79. The summed E-state index contributed by atoms with van der Waals surface area (Å²) in [4.78, 5) is 11.0. The zero-order valence-electron chi connectivity index (χ0n) is 6.62. The van der Waals surface area contributed by atoms with Crippen molar-refractivity contribution in [3.63, 3.8) is 0 Å². The molecule has 4 heteroatoms. The molecule has 0 bridgehead atoms. The highest BCUT2D eigenvalue weighted by molar-refractivity contribution is 5.75. The average Bonchev–Trinajstić information content (AvgIpc) is 2.04. The van der Waals surface area contributed by atoms with Crippen LogP contribution in [0.3, 0.4) is 0 Å². The topological polar surface area (TPSA) is 49.8 Å². The van der Waals surface area contributed by atoms with Crippen molar-refractivity contribution in [1.82, 2.24) is 5.06 Å². The van der Waals surface area contributed by atoms with Crippen LogP contribution in [0.2, 0.25) is 0 Å². The van der Waals surface area contributed by atoms with Gasteiger partial charge < -0.3 is 9.94 Å². The van der Waals surface area contributed by atoms with E-state index in [4.69, 9.17) is 0 Å². The lowest BCUT2D eigenvalue weighted by molar-refractivity contribution is -0.179. The van der Waals surface area contributed by atoms with Gasteiger partial charge in [0.05, 0.1) is 7.11 Å². The minimum atomic E-state index is -0.436. The molecule has 0 aromatic heterocycles. The Labute approximate surface area is 65.7 Å². The molecule has 1 saturated heterocycles. The van der Waals surface area contributed by atoms with Crippen LogP contribution in [0.25, 0.3) is 0 Å². The van der Waals surface area contributed by atoms with Crippen LogP contribution in [0.15, 0.2) is 0 Å². The van der Waals surface area contributed by atoms with Crippen LogP contribution < -0.4 is 0 Å². The minimum absolute atomic E-state index is 0.341. The normalized spacial score (nSPS) is 26.5. The first-order chi connectivity index (χ1) is 5.25. The molecule has 0 aromatic carbocycles. The highest BCUT2D eigenvalue weighted by atomic mass is 16.5. The molecule has 1 aliphatic rings. The van der Waals surface area contributed by atoms with E-state index in [-0.39, 0.29) is 5.97 Å². The second kappa shape index (κ2) is 3.69. The number of hydroxylamine groups is 2. The standard InChI is InChI=1S/C7H13NO3/c1-11-7(9)6-4-2-3-5-8(6)10/h6,10H,2-5H2,1H3/t6-/m0/s1. The van der Waals surface area contributed by atoms with Gasteiger partial charge in [-0.3, -0.25) is 4.79 Å². The summed E-state index contributed by atoms with van der Waals surface area (Å²) in [5, 5.41) is 10.3. The third-order valence-corrected chi connectivity index (χ3v) is 1.95. The van der Waals surface area contributed by atoms with E-state index in [0.717, 1.165) is 17.9 Å². The fourth-order valence-electron chi connectivity index (χ4n) is 1.29.